The number of halogens is 3. The molecular formula is C15H21ClF2N2O2. The van der Waals surface area contributed by atoms with Crippen molar-refractivity contribution in [3.05, 3.63) is 23.8 Å². The summed E-state index contributed by atoms with van der Waals surface area (Å²) < 4.78 is 28.9. The summed E-state index contributed by atoms with van der Waals surface area (Å²) in [6.07, 6.45) is 3.00. The highest BCUT2D eigenvalue weighted by Gasteiger charge is 2.26. The SMILES string of the molecule is CCCC(N)C(=O)N1CCCc2cc(OC(F)F)ccc21.Cl. The van der Waals surface area contributed by atoms with Crippen LogP contribution in [-0.2, 0) is 11.2 Å². The average Bonchev–Trinajstić information content (AvgIpc) is 2.45. The molecule has 1 aromatic rings. The van der Waals surface area contributed by atoms with Gasteiger partial charge in [0.1, 0.15) is 5.75 Å². The van der Waals surface area contributed by atoms with Crippen LogP contribution in [0, 0.1) is 0 Å². The van der Waals surface area contributed by atoms with Crippen molar-refractivity contribution in [2.24, 2.45) is 5.73 Å². The number of nitrogens with zero attached hydrogens (tertiary/aromatic N) is 1. The van der Waals surface area contributed by atoms with E-state index in [1.54, 1.807) is 17.0 Å². The molecule has 22 heavy (non-hydrogen) atoms. The molecule has 0 saturated carbocycles. The quantitative estimate of drug-likeness (QED) is 0.900. The molecule has 0 spiro atoms. The summed E-state index contributed by atoms with van der Waals surface area (Å²) in [6.45, 7) is -0.258. The monoisotopic (exact) mass is 334 g/mol. The minimum absolute atomic E-state index is 0. The highest BCUT2D eigenvalue weighted by molar-refractivity contribution is 5.98. The van der Waals surface area contributed by atoms with Gasteiger partial charge in [0.25, 0.3) is 0 Å². The van der Waals surface area contributed by atoms with Crippen LogP contribution in [0.1, 0.15) is 31.7 Å². The van der Waals surface area contributed by atoms with Gasteiger partial charge in [-0.25, -0.2) is 0 Å². The molecule has 1 amide bonds. The first-order valence-corrected chi connectivity index (χ1v) is 7.17. The first-order valence-electron chi connectivity index (χ1n) is 7.17. The van der Waals surface area contributed by atoms with Crippen LogP contribution in [0.3, 0.4) is 0 Å². The molecule has 0 fully saturated rings. The fourth-order valence-electron chi connectivity index (χ4n) is 2.61. The molecule has 0 bridgehead atoms. The third-order valence-corrected chi connectivity index (χ3v) is 3.58. The Morgan fingerprint density at radius 1 is 1.45 bits per heavy atom. The number of aryl methyl sites for hydroxylation is 1. The van der Waals surface area contributed by atoms with Gasteiger partial charge in [-0.15, -0.1) is 12.4 Å². The first kappa shape index (κ1) is 18.6. The third-order valence-electron chi connectivity index (χ3n) is 3.58. The van der Waals surface area contributed by atoms with Crippen LogP contribution in [0.4, 0.5) is 14.5 Å². The highest BCUT2D eigenvalue weighted by atomic mass is 35.5. The minimum atomic E-state index is -2.85. The number of benzene rings is 1. The van der Waals surface area contributed by atoms with Crippen molar-refractivity contribution in [3.63, 3.8) is 0 Å². The van der Waals surface area contributed by atoms with E-state index in [-0.39, 0.29) is 24.1 Å². The zero-order valence-corrected chi connectivity index (χ0v) is 13.2. The molecule has 1 aliphatic rings. The van der Waals surface area contributed by atoms with Gasteiger partial charge >= 0.3 is 6.61 Å². The number of rotatable bonds is 5. The zero-order chi connectivity index (χ0) is 15.4. The molecular weight excluding hydrogens is 314 g/mol. The molecule has 0 aromatic heterocycles. The Morgan fingerprint density at radius 2 is 2.18 bits per heavy atom. The first-order chi connectivity index (χ1) is 10.0. The second kappa shape index (κ2) is 8.29. The Morgan fingerprint density at radius 3 is 2.82 bits per heavy atom. The molecule has 1 unspecified atom stereocenters. The summed E-state index contributed by atoms with van der Waals surface area (Å²) >= 11 is 0. The molecule has 4 nitrogen and oxygen atoms in total. The van der Waals surface area contributed by atoms with Crippen molar-refractivity contribution in [2.75, 3.05) is 11.4 Å². The summed E-state index contributed by atoms with van der Waals surface area (Å²) in [6, 6.07) is 4.18. The smallest absolute Gasteiger partial charge is 0.387 e. The number of anilines is 1. The summed E-state index contributed by atoms with van der Waals surface area (Å²) in [7, 11) is 0. The predicted molar refractivity (Wildman–Crippen MR) is 83.9 cm³/mol. The number of fused-ring (bicyclic) bond motifs is 1. The predicted octanol–water partition coefficient (Wildman–Crippen LogP) is 3.12. The van der Waals surface area contributed by atoms with Crippen molar-refractivity contribution in [1.29, 1.82) is 0 Å². The normalized spacial score (nSPS) is 15.0. The lowest BCUT2D eigenvalue weighted by Crippen LogP contribution is -2.46. The highest BCUT2D eigenvalue weighted by Crippen LogP contribution is 2.31. The van der Waals surface area contributed by atoms with Crippen LogP contribution in [0.15, 0.2) is 18.2 Å². The standard InChI is InChI=1S/C15H20F2N2O2.ClH/c1-2-4-12(18)14(20)19-8-3-5-10-9-11(21-15(16)17)6-7-13(10)19;/h6-7,9,12,15H,2-5,8,18H2,1H3;1H. The number of carbonyl (C=O) groups is 1. The van der Waals surface area contributed by atoms with Crippen LogP contribution < -0.4 is 15.4 Å². The second-order valence-corrected chi connectivity index (χ2v) is 5.16. The Bertz CT molecular complexity index is 514. The van der Waals surface area contributed by atoms with Crippen LogP contribution >= 0.6 is 12.4 Å². The van der Waals surface area contributed by atoms with Gasteiger partial charge in [0, 0.05) is 12.2 Å². The van der Waals surface area contributed by atoms with Gasteiger partial charge < -0.3 is 15.4 Å². The molecule has 2 N–H and O–H groups in total. The van der Waals surface area contributed by atoms with E-state index >= 15 is 0 Å². The van der Waals surface area contributed by atoms with Gasteiger partial charge in [0.2, 0.25) is 5.91 Å². The number of ether oxygens (including phenoxy) is 1. The number of amides is 1. The molecule has 7 heteroatoms. The van der Waals surface area contributed by atoms with Crippen molar-refractivity contribution in [2.45, 2.75) is 45.3 Å². The Hall–Kier alpha value is -1.40. The molecule has 124 valence electrons. The zero-order valence-electron chi connectivity index (χ0n) is 12.4. The lowest BCUT2D eigenvalue weighted by molar-refractivity contribution is -0.120. The van der Waals surface area contributed by atoms with Gasteiger partial charge in [-0.05, 0) is 43.0 Å². The van der Waals surface area contributed by atoms with Crippen LogP contribution in [0.5, 0.6) is 5.75 Å². The lowest BCUT2D eigenvalue weighted by atomic mass is 10.00. The summed E-state index contributed by atoms with van der Waals surface area (Å²) in [5, 5.41) is 0. The topological polar surface area (TPSA) is 55.6 Å². The van der Waals surface area contributed by atoms with Crippen LogP contribution in [-0.4, -0.2) is 25.1 Å². The number of hydrogen-bond acceptors (Lipinski definition) is 3. The second-order valence-electron chi connectivity index (χ2n) is 5.16. The van der Waals surface area contributed by atoms with Gasteiger partial charge in [0.05, 0.1) is 6.04 Å². The van der Waals surface area contributed by atoms with Gasteiger partial charge in [-0.2, -0.15) is 8.78 Å². The number of alkyl halides is 2. The van der Waals surface area contributed by atoms with E-state index in [4.69, 9.17) is 5.73 Å². The molecule has 0 saturated heterocycles. The number of carbonyl (C=O) groups excluding carboxylic acids is 1. The van der Waals surface area contributed by atoms with E-state index in [9.17, 15) is 13.6 Å². The van der Waals surface area contributed by atoms with Crippen molar-refractivity contribution in [1.82, 2.24) is 0 Å². The lowest BCUT2D eigenvalue weighted by Gasteiger charge is -2.31. The fourth-order valence-corrected chi connectivity index (χ4v) is 2.61. The largest absolute Gasteiger partial charge is 0.435 e. The van der Waals surface area contributed by atoms with E-state index in [0.717, 1.165) is 30.5 Å². The Balaban J connectivity index is 0.00000242. The molecule has 0 radical (unpaired) electrons. The number of hydrogen-bond donors (Lipinski definition) is 1. The van der Waals surface area contributed by atoms with E-state index in [1.807, 2.05) is 6.92 Å². The molecule has 0 aliphatic carbocycles. The van der Waals surface area contributed by atoms with Crippen molar-refractivity contribution >= 4 is 24.0 Å². The van der Waals surface area contributed by atoms with Gasteiger partial charge in [-0.3, -0.25) is 4.79 Å². The van der Waals surface area contributed by atoms with Crippen LogP contribution in [0.25, 0.3) is 0 Å². The van der Waals surface area contributed by atoms with Crippen molar-refractivity contribution < 1.29 is 18.3 Å². The van der Waals surface area contributed by atoms with Gasteiger partial charge in [-0.1, -0.05) is 13.3 Å². The molecule has 1 atom stereocenters. The van der Waals surface area contributed by atoms with E-state index in [1.165, 1.54) is 6.07 Å². The number of nitrogens with two attached hydrogens (primary N) is 1. The summed E-state index contributed by atoms with van der Waals surface area (Å²) in [4.78, 5) is 14.0. The van der Waals surface area contributed by atoms with E-state index < -0.39 is 12.7 Å². The maximum absolute atomic E-state index is 12.4. The average molecular weight is 335 g/mol. The van der Waals surface area contributed by atoms with Crippen LogP contribution in [0.2, 0.25) is 0 Å². The molecule has 2 rings (SSSR count). The fraction of sp³-hybridized carbons (Fsp3) is 0.533. The Labute approximate surface area is 135 Å². The van der Waals surface area contributed by atoms with E-state index in [0.29, 0.717) is 13.0 Å². The van der Waals surface area contributed by atoms with Gasteiger partial charge in [0.15, 0.2) is 0 Å². The maximum atomic E-state index is 12.4. The van der Waals surface area contributed by atoms with Crippen molar-refractivity contribution in [3.8, 4) is 5.75 Å². The maximum Gasteiger partial charge on any atom is 0.387 e. The third kappa shape index (κ3) is 4.30. The molecule has 1 aromatic carbocycles. The minimum Gasteiger partial charge on any atom is -0.435 e. The molecule has 1 heterocycles. The molecule has 1 aliphatic heterocycles. The summed E-state index contributed by atoms with van der Waals surface area (Å²) in [5.74, 6) is 0.0104. The Kier molecular flexibility index (Phi) is 7.03. The summed E-state index contributed by atoms with van der Waals surface area (Å²) in [5.41, 5.74) is 7.49. The van der Waals surface area contributed by atoms with E-state index in [2.05, 4.69) is 4.74 Å².